The maximum Gasteiger partial charge on any atom is 0.277 e. The Labute approximate surface area is 141 Å². The lowest BCUT2D eigenvalue weighted by Gasteiger charge is -2.17. The van der Waals surface area contributed by atoms with Crippen LogP contribution in [0.4, 0.5) is 5.69 Å². The SMILES string of the molecule is NC(=O)c1cc(C(N)=O)c(CC(O)CO)c([N+](=O)[O-])c1CC(O)CO. The number of nitrogens with zero attached hydrogens (tertiary/aromatic N) is 1. The molecule has 11 nitrogen and oxygen atoms in total. The number of aliphatic hydroxyl groups is 4. The quantitative estimate of drug-likeness (QED) is 0.206. The first-order chi connectivity index (χ1) is 11.6. The minimum Gasteiger partial charge on any atom is -0.394 e. The highest BCUT2D eigenvalue weighted by molar-refractivity contribution is 6.02. The van der Waals surface area contributed by atoms with Gasteiger partial charge in [-0.05, 0) is 6.07 Å². The molecule has 0 radical (unpaired) electrons. The van der Waals surface area contributed by atoms with E-state index in [9.17, 15) is 29.9 Å². The number of amides is 2. The molecule has 0 saturated heterocycles. The Kier molecular flexibility index (Phi) is 6.94. The summed E-state index contributed by atoms with van der Waals surface area (Å²) in [6.45, 7) is -1.47. The lowest BCUT2D eigenvalue weighted by molar-refractivity contribution is -0.386. The standard InChI is InChI=1S/C14H19N3O8/c15-13(22)10-3-11(14(16)23)9(2-7(21)5-19)12(17(24)25)8(10)1-6(20)4-18/h3,6-7,18-21H,1-2,4-5H2,(H2,15,22)(H2,16,23). The number of nitro groups is 1. The van der Waals surface area contributed by atoms with Crippen molar-refractivity contribution in [2.45, 2.75) is 25.0 Å². The van der Waals surface area contributed by atoms with Crippen LogP contribution >= 0.6 is 0 Å². The van der Waals surface area contributed by atoms with E-state index >= 15 is 0 Å². The van der Waals surface area contributed by atoms with Gasteiger partial charge in [0.2, 0.25) is 11.8 Å². The summed E-state index contributed by atoms with van der Waals surface area (Å²) in [4.78, 5) is 33.9. The third-order valence-electron chi connectivity index (χ3n) is 3.53. The van der Waals surface area contributed by atoms with Crippen molar-refractivity contribution in [1.29, 1.82) is 0 Å². The summed E-state index contributed by atoms with van der Waals surface area (Å²) in [5.41, 5.74) is 8.25. The van der Waals surface area contributed by atoms with Gasteiger partial charge in [-0.25, -0.2) is 0 Å². The van der Waals surface area contributed by atoms with Crippen LogP contribution in [0, 0.1) is 10.1 Å². The second-order valence-corrected chi connectivity index (χ2v) is 5.34. The first kappa shape index (κ1) is 20.4. The Bertz CT molecular complexity index is 643. The van der Waals surface area contributed by atoms with E-state index in [4.69, 9.17) is 21.7 Å². The molecule has 2 atom stereocenters. The van der Waals surface area contributed by atoms with Gasteiger partial charge >= 0.3 is 0 Å². The fraction of sp³-hybridized carbons (Fsp3) is 0.429. The molecule has 0 bridgehead atoms. The smallest absolute Gasteiger partial charge is 0.277 e. The van der Waals surface area contributed by atoms with Crippen molar-refractivity contribution in [1.82, 2.24) is 0 Å². The van der Waals surface area contributed by atoms with E-state index in [2.05, 4.69) is 0 Å². The Morgan fingerprint density at radius 1 is 1.00 bits per heavy atom. The number of hydrogen-bond acceptors (Lipinski definition) is 8. The molecular formula is C14H19N3O8. The van der Waals surface area contributed by atoms with Crippen LogP contribution in [-0.2, 0) is 12.8 Å². The van der Waals surface area contributed by atoms with Gasteiger partial charge in [0.05, 0.1) is 41.5 Å². The van der Waals surface area contributed by atoms with Crippen molar-refractivity contribution in [2.75, 3.05) is 13.2 Å². The van der Waals surface area contributed by atoms with Gasteiger partial charge in [0.15, 0.2) is 0 Å². The summed E-state index contributed by atoms with van der Waals surface area (Å²) < 4.78 is 0. The number of carbonyl (C=O) groups is 2. The monoisotopic (exact) mass is 357 g/mol. The van der Waals surface area contributed by atoms with Crippen molar-refractivity contribution in [3.8, 4) is 0 Å². The average molecular weight is 357 g/mol. The van der Waals surface area contributed by atoms with Gasteiger partial charge in [-0.15, -0.1) is 0 Å². The van der Waals surface area contributed by atoms with Crippen molar-refractivity contribution < 1.29 is 34.9 Å². The molecule has 8 N–H and O–H groups in total. The molecule has 2 amide bonds. The Morgan fingerprint density at radius 3 is 1.60 bits per heavy atom. The van der Waals surface area contributed by atoms with Crippen molar-refractivity contribution in [2.24, 2.45) is 11.5 Å². The normalized spacial score (nSPS) is 13.3. The van der Waals surface area contributed by atoms with Crippen LogP contribution in [0.25, 0.3) is 0 Å². The Hall–Kier alpha value is -2.60. The molecule has 0 saturated carbocycles. The molecule has 0 aliphatic carbocycles. The number of nitro benzene ring substituents is 1. The maximum absolute atomic E-state index is 11.6. The number of primary amides is 2. The number of benzene rings is 1. The summed E-state index contributed by atoms with van der Waals surface area (Å²) in [5, 5.41) is 48.7. The molecule has 0 aromatic heterocycles. The number of hydrogen-bond donors (Lipinski definition) is 6. The molecule has 25 heavy (non-hydrogen) atoms. The summed E-state index contributed by atoms with van der Waals surface area (Å²) in [7, 11) is 0. The third kappa shape index (κ3) is 4.70. The van der Waals surface area contributed by atoms with E-state index in [1.54, 1.807) is 0 Å². The van der Waals surface area contributed by atoms with E-state index in [1.807, 2.05) is 0 Å². The number of nitrogens with two attached hydrogens (primary N) is 2. The molecule has 0 fully saturated rings. The molecule has 0 spiro atoms. The van der Waals surface area contributed by atoms with Crippen LogP contribution < -0.4 is 11.5 Å². The highest BCUT2D eigenvalue weighted by atomic mass is 16.6. The van der Waals surface area contributed by atoms with Gasteiger partial charge < -0.3 is 31.9 Å². The van der Waals surface area contributed by atoms with Crippen LogP contribution in [0.15, 0.2) is 6.07 Å². The van der Waals surface area contributed by atoms with E-state index < -0.39 is 71.8 Å². The van der Waals surface area contributed by atoms with Gasteiger partial charge in [-0.2, -0.15) is 0 Å². The fourth-order valence-corrected chi connectivity index (χ4v) is 2.43. The predicted octanol–water partition coefficient (Wildman–Crippen LogP) is -2.42. The van der Waals surface area contributed by atoms with Crippen molar-refractivity contribution >= 4 is 17.5 Å². The zero-order chi connectivity index (χ0) is 19.3. The summed E-state index contributed by atoms with van der Waals surface area (Å²) in [6, 6.07) is 0.941. The van der Waals surface area contributed by atoms with Crippen LogP contribution in [0.5, 0.6) is 0 Å². The molecule has 0 aliphatic heterocycles. The summed E-state index contributed by atoms with van der Waals surface area (Å²) >= 11 is 0. The molecule has 0 aliphatic rings. The number of carbonyl (C=O) groups excluding carboxylic acids is 2. The molecule has 0 heterocycles. The number of rotatable bonds is 9. The van der Waals surface area contributed by atoms with Gasteiger partial charge in [0.1, 0.15) is 0 Å². The minimum absolute atomic E-state index is 0.302. The average Bonchev–Trinajstić information content (AvgIpc) is 2.53. The molecule has 1 aromatic rings. The van der Waals surface area contributed by atoms with E-state index in [0.717, 1.165) is 6.07 Å². The number of aliphatic hydroxyl groups excluding tert-OH is 4. The minimum atomic E-state index is -1.42. The molecule has 1 rings (SSSR count). The van der Waals surface area contributed by atoms with Crippen molar-refractivity contribution in [3.05, 3.63) is 38.4 Å². The highest BCUT2D eigenvalue weighted by Gasteiger charge is 2.32. The zero-order valence-electron chi connectivity index (χ0n) is 13.1. The third-order valence-corrected chi connectivity index (χ3v) is 3.53. The van der Waals surface area contributed by atoms with Crippen LogP contribution in [-0.4, -0.2) is 62.6 Å². The molecule has 1 aromatic carbocycles. The van der Waals surface area contributed by atoms with E-state index in [0.29, 0.717) is 0 Å². The summed E-state index contributed by atoms with van der Waals surface area (Å²) in [5.74, 6) is -2.19. The van der Waals surface area contributed by atoms with Gasteiger partial charge in [-0.1, -0.05) is 0 Å². The predicted molar refractivity (Wildman–Crippen MR) is 83.7 cm³/mol. The summed E-state index contributed by atoms with van der Waals surface area (Å²) in [6.07, 6.45) is -3.84. The van der Waals surface area contributed by atoms with Gasteiger partial charge in [0.25, 0.3) is 5.69 Å². The fourth-order valence-electron chi connectivity index (χ4n) is 2.43. The Morgan fingerprint density at radius 2 is 1.36 bits per heavy atom. The largest absolute Gasteiger partial charge is 0.394 e. The van der Waals surface area contributed by atoms with E-state index in [1.165, 1.54) is 0 Å². The van der Waals surface area contributed by atoms with E-state index in [-0.39, 0.29) is 11.1 Å². The van der Waals surface area contributed by atoms with Crippen LogP contribution in [0.3, 0.4) is 0 Å². The van der Waals surface area contributed by atoms with Crippen molar-refractivity contribution in [3.63, 3.8) is 0 Å². The molecule has 2 unspecified atom stereocenters. The van der Waals surface area contributed by atoms with Gasteiger partial charge in [-0.3, -0.25) is 19.7 Å². The topological polar surface area (TPSA) is 210 Å². The lowest BCUT2D eigenvalue weighted by atomic mass is 9.89. The first-order valence-electron chi connectivity index (χ1n) is 7.14. The lowest BCUT2D eigenvalue weighted by Crippen LogP contribution is -2.26. The zero-order valence-corrected chi connectivity index (χ0v) is 13.1. The first-order valence-corrected chi connectivity index (χ1v) is 7.14. The second-order valence-electron chi connectivity index (χ2n) is 5.34. The molecular weight excluding hydrogens is 338 g/mol. The maximum atomic E-state index is 11.6. The molecule has 11 heteroatoms. The Balaban J connectivity index is 3.83. The van der Waals surface area contributed by atoms with Crippen LogP contribution in [0.1, 0.15) is 31.8 Å². The molecule has 138 valence electrons. The highest BCUT2D eigenvalue weighted by Crippen LogP contribution is 2.32. The van der Waals surface area contributed by atoms with Gasteiger partial charge in [0, 0.05) is 24.0 Å². The van der Waals surface area contributed by atoms with Crippen LogP contribution in [0.2, 0.25) is 0 Å². The second kappa shape index (κ2) is 8.48.